The van der Waals surface area contributed by atoms with E-state index in [-0.39, 0.29) is 11.4 Å². The maximum absolute atomic E-state index is 12.6. The number of hydrogen-bond donors (Lipinski definition) is 2. The van der Waals surface area contributed by atoms with Crippen LogP contribution in [0.15, 0.2) is 70.7 Å². The van der Waals surface area contributed by atoms with Gasteiger partial charge in [-0.2, -0.15) is 13.2 Å². The summed E-state index contributed by atoms with van der Waals surface area (Å²) in [6, 6.07) is 11.7. The molecule has 3 rings (SSSR count). The van der Waals surface area contributed by atoms with Crippen molar-refractivity contribution in [2.75, 3.05) is 25.4 Å². The third-order valence-corrected chi connectivity index (χ3v) is 6.79. The van der Waals surface area contributed by atoms with Crippen LogP contribution in [-0.4, -0.2) is 38.8 Å². The molecule has 30 heavy (non-hydrogen) atoms. The van der Waals surface area contributed by atoms with Crippen LogP contribution in [0.1, 0.15) is 5.56 Å². The van der Waals surface area contributed by atoms with Gasteiger partial charge in [0.15, 0.2) is 0 Å². The van der Waals surface area contributed by atoms with Gasteiger partial charge in [0.25, 0.3) is 0 Å². The summed E-state index contributed by atoms with van der Waals surface area (Å²) in [6.07, 6.45) is -1.16. The maximum atomic E-state index is 12.6. The first kappa shape index (κ1) is 22.5. The Labute approximate surface area is 177 Å². The molecule has 3 aromatic rings. The molecular formula is C20H20F3N3O2S2. The molecule has 5 nitrogen and oxygen atoms in total. The van der Waals surface area contributed by atoms with Gasteiger partial charge in [-0.15, -0.1) is 11.8 Å². The van der Waals surface area contributed by atoms with Crippen molar-refractivity contribution in [3.63, 3.8) is 0 Å². The number of fused-ring (bicyclic) bond motifs is 1. The zero-order chi connectivity index (χ0) is 21.6. The lowest BCUT2D eigenvalue weighted by Crippen LogP contribution is -2.32. The van der Waals surface area contributed by atoms with E-state index < -0.39 is 21.8 Å². The maximum Gasteiger partial charge on any atom is 0.416 e. The molecule has 0 atom stereocenters. The van der Waals surface area contributed by atoms with E-state index in [1.165, 1.54) is 23.9 Å². The summed E-state index contributed by atoms with van der Waals surface area (Å²) in [5.41, 5.74) is -0.667. The van der Waals surface area contributed by atoms with E-state index in [0.717, 1.165) is 22.4 Å². The molecule has 160 valence electrons. The number of halogens is 3. The predicted molar refractivity (Wildman–Crippen MR) is 112 cm³/mol. The smallest absolute Gasteiger partial charge is 0.315 e. The van der Waals surface area contributed by atoms with Crippen molar-refractivity contribution in [1.82, 2.24) is 15.0 Å². The lowest BCUT2D eigenvalue weighted by Gasteiger charge is -2.10. The average Bonchev–Trinajstić information content (AvgIpc) is 2.72. The highest BCUT2D eigenvalue weighted by molar-refractivity contribution is 7.99. The molecule has 1 aromatic heterocycles. The second kappa shape index (κ2) is 9.78. The molecular weight excluding hydrogens is 435 g/mol. The van der Waals surface area contributed by atoms with Crippen LogP contribution in [0.5, 0.6) is 0 Å². The van der Waals surface area contributed by atoms with Gasteiger partial charge >= 0.3 is 6.18 Å². The molecule has 0 saturated carbocycles. The molecule has 0 bridgehead atoms. The van der Waals surface area contributed by atoms with E-state index in [1.807, 2.05) is 0 Å². The van der Waals surface area contributed by atoms with Gasteiger partial charge in [0.2, 0.25) is 10.0 Å². The SMILES string of the molecule is O=S(=O)(NCCNCCSc1ccc(C(F)(F)F)cc1)c1cccc2cnccc12. The highest BCUT2D eigenvalue weighted by Crippen LogP contribution is 2.30. The largest absolute Gasteiger partial charge is 0.416 e. The topological polar surface area (TPSA) is 71.1 Å². The highest BCUT2D eigenvalue weighted by atomic mass is 32.2. The van der Waals surface area contributed by atoms with E-state index in [1.54, 1.807) is 36.7 Å². The van der Waals surface area contributed by atoms with Crippen LogP contribution in [0.2, 0.25) is 0 Å². The van der Waals surface area contributed by atoms with Gasteiger partial charge in [0.1, 0.15) is 0 Å². The van der Waals surface area contributed by atoms with Gasteiger partial charge in [0, 0.05) is 53.4 Å². The highest BCUT2D eigenvalue weighted by Gasteiger charge is 2.29. The molecule has 0 aliphatic heterocycles. The van der Waals surface area contributed by atoms with Gasteiger partial charge in [-0.3, -0.25) is 4.98 Å². The van der Waals surface area contributed by atoms with Crippen molar-refractivity contribution >= 4 is 32.6 Å². The van der Waals surface area contributed by atoms with Gasteiger partial charge in [-0.1, -0.05) is 12.1 Å². The molecule has 0 unspecified atom stereocenters. The summed E-state index contributed by atoms with van der Waals surface area (Å²) < 4.78 is 65.4. The molecule has 1 heterocycles. The van der Waals surface area contributed by atoms with E-state index in [2.05, 4.69) is 15.0 Å². The zero-order valence-electron chi connectivity index (χ0n) is 15.8. The Morgan fingerprint density at radius 2 is 1.73 bits per heavy atom. The van der Waals surface area contributed by atoms with Crippen LogP contribution < -0.4 is 10.0 Å². The molecule has 0 spiro atoms. The third-order valence-electron chi connectivity index (χ3n) is 4.25. The Morgan fingerprint density at radius 1 is 0.967 bits per heavy atom. The first-order valence-corrected chi connectivity index (χ1v) is 11.6. The number of hydrogen-bond acceptors (Lipinski definition) is 5. The molecule has 2 N–H and O–H groups in total. The minimum Gasteiger partial charge on any atom is -0.315 e. The fourth-order valence-electron chi connectivity index (χ4n) is 2.78. The molecule has 2 aromatic carbocycles. The number of benzene rings is 2. The van der Waals surface area contributed by atoms with Crippen molar-refractivity contribution in [1.29, 1.82) is 0 Å². The van der Waals surface area contributed by atoms with Gasteiger partial charge < -0.3 is 5.32 Å². The van der Waals surface area contributed by atoms with Crippen LogP contribution in [0, 0.1) is 0 Å². The number of alkyl halides is 3. The van der Waals surface area contributed by atoms with Gasteiger partial charge in [0.05, 0.1) is 10.5 Å². The quantitative estimate of drug-likeness (QED) is 0.378. The normalized spacial score (nSPS) is 12.4. The average molecular weight is 456 g/mol. The number of nitrogens with zero attached hydrogens (tertiary/aromatic N) is 1. The Bertz CT molecular complexity index is 1080. The number of aromatic nitrogens is 1. The lowest BCUT2D eigenvalue weighted by molar-refractivity contribution is -0.137. The summed E-state index contributed by atoms with van der Waals surface area (Å²) in [5, 5.41) is 4.48. The van der Waals surface area contributed by atoms with Crippen molar-refractivity contribution in [2.24, 2.45) is 0 Å². The monoisotopic (exact) mass is 455 g/mol. The number of rotatable bonds is 9. The second-order valence-electron chi connectivity index (χ2n) is 6.37. The summed E-state index contributed by atoms with van der Waals surface area (Å²) in [5.74, 6) is 0.647. The Balaban J connectivity index is 1.41. The van der Waals surface area contributed by atoms with Crippen LogP contribution >= 0.6 is 11.8 Å². The van der Waals surface area contributed by atoms with Gasteiger partial charge in [-0.25, -0.2) is 13.1 Å². The minimum absolute atomic E-state index is 0.209. The first-order chi connectivity index (χ1) is 14.3. The summed E-state index contributed by atoms with van der Waals surface area (Å²) in [7, 11) is -3.65. The van der Waals surface area contributed by atoms with Crippen molar-refractivity contribution in [3.8, 4) is 0 Å². The van der Waals surface area contributed by atoms with Crippen LogP contribution in [-0.2, 0) is 16.2 Å². The van der Waals surface area contributed by atoms with Crippen LogP contribution in [0.3, 0.4) is 0 Å². The van der Waals surface area contributed by atoms with Crippen LogP contribution in [0.4, 0.5) is 13.2 Å². The molecule has 0 amide bonds. The first-order valence-electron chi connectivity index (χ1n) is 9.10. The fourth-order valence-corrected chi connectivity index (χ4v) is 4.85. The van der Waals surface area contributed by atoms with E-state index in [9.17, 15) is 21.6 Å². The molecule has 0 aliphatic carbocycles. The summed E-state index contributed by atoms with van der Waals surface area (Å²) in [6.45, 7) is 1.24. The number of sulfonamides is 1. The number of thioether (sulfide) groups is 1. The lowest BCUT2D eigenvalue weighted by atomic mass is 10.2. The molecule has 0 radical (unpaired) electrons. The van der Waals surface area contributed by atoms with E-state index >= 15 is 0 Å². The third kappa shape index (κ3) is 5.94. The Kier molecular flexibility index (Phi) is 7.35. The molecule has 0 fully saturated rings. The molecule has 0 saturated heterocycles. The predicted octanol–water partition coefficient (Wildman–Crippen LogP) is 3.91. The fraction of sp³-hybridized carbons (Fsp3) is 0.250. The Hall–Kier alpha value is -2.14. The zero-order valence-corrected chi connectivity index (χ0v) is 17.4. The summed E-state index contributed by atoms with van der Waals surface area (Å²) >= 11 is 1.43. The number of nitrogens with one attached hydrogen (secondary N) is 2. The Morgan fingerprint density at radius 3 is 2.47 bits per heavy atom. The van der Waals surface area contributed by atoms with Crippen molar-refractivity contribution in [3.05, 3.63) is 66.5 Å². The summed E-state index contributed by atoms with van der Waals surface area (Å²) in [4.78, 5) is 4.95. The molecule has 10 heteroatoms. The van der Waals surface area contributed by atoms with Crippen LogP contribution in [0.25, 0.3) is 10.8 Å². The van der Waals surface area contributed by atoms with E-state index in [0.29, 0.717) is 24.2 Å². The van der Waals surface area contributed by atoms with E-state index in [4.69, 9.17) is 0 Å². The van der Waals surface area contributed by atoms with Crippen molar-refractivity contribution < 1.29 is 21.6 Å². The van der Waals surface area contributed by atoms with Gasteiger partial charge in [-0.05, 0) is 36.4 Å². The second-order valence-corrected chi connectivity index (χ2v) is 9.28. The minimum atomic E-state index is -4.33. The molecule has 0 aliphatic rings. The number of pyridine rings is 1. The van der Waals surface area contributed by atoms with Crippen molar-refractivity contribution in [2.45, 2.75) is 16.0 Å². The standard InChI is InChI=1S/C20H20F3N3O2S2/c21-20(22,23)16-4-6-17(7-5-16)29-13-12-24-10-11-26-30(27,28)19-3-1-2-15-14-25-9-8-18(15)19/h1-9,14,24,26H,10-13H2.